The van der Waals surface area contributed by atoms with Crippen LogP contribution in [0.25, 0.3) is 10.9 Å². The molecular weight excluding hydrogens is 362 g/mol. The Labute approximate surface area is 174 Å². The van der Waals surface area contributed by atoms with Crippen molar-refractivity contribution in [3.8, 4) is 0 Å². The third kappa shape index (κ3) is 4.33. The molecule has 0 aliphatic carbocycles. The Bertz CT molecular complexity index is 860. The number of nitrogens with two attached hydrogens (primary N) is 1. The summed E-state index contributed by atoms with van der Waals surface area (Å²) in [5, 5.41) is 5.45. The van der Waals surface area contributed by atoms with Crippen LogP contribution in [-0.2, 0) is 18.3 Å². The molecule has 2 N–H and O–H groups in total. The van der Waals surface area contributed by atoms with Crippen molar-refractivity contribution in [2.24, 2.45) is 24.6 Å². The number of amides is 1. The summed E-state index contributed by atoms with van der Waals surface area (Å²) in [6.45, 7) is 6.26. The van der Waals surface area contributed by atoms with Crippen molar-refractivity contribution in [3.63, 3.8) is 0 Å². The third-order valence-electron chi connectivity index (χ3n) is 7.14. The largest absolute Gasteiger partial charge is 0.341 e. The van der Waals surface area contributed by atoms with Gasteiger partial charge >= 0.3 is 0 Å². The number of rotatable bonds is 4. The van der Waals surface area contributed by atoms with E-state index in [-0.39, 0.29) is 5.91 Å². The molecule has 3 heterocycles. The van der Waals surface area contributed by atoms with Crippen molar-refractivity contribution < 1.29 is 4.79 Å². The van der Waals surface area contributed by atoms with Crippen molar-refractivity contribution in [1.29, 1.82) is 0 Å². The van der Waals surface area contributed by atoms with Crippen molar-refractivity contribution in [1.82, 2.24) is 19.6 Å². The Kier molecular flexibility index (Phi) is 5.93. The second kappa shape index (κ2) is 8.44. The fraction of sp³-hybridized carbons (Fsp3) is 0.652. The molecule has 0 spiro atoms. The number of fused-ring (bicyclic) bond motifs is 1. The van der Waals surface area contributed by atoms with Crippen LogP contribution in [0.1, 0.15) is 36.8 Å². The van der Waals surface area contributed by atoms with Crippen molar-refractivity contribution >= 4 is 16.8 Å². The molecule has 6 nitrogen and oxygen atoms in total. The lowest BCUT2D eigenvalue weighted by Crippen LogP contribution is -2.49. The zero-order valence-electron chi connectivity index (χ0n) is 18.1. The van der Waals surface area contributed by atoms with E-state index in [0.29, 0.717) is 6.42 Å². The van der Waals surface area contributed by atoms with Crippen molar-refractivity contribution in [2.45, 2.75) is 45.1 Å². The maximum Gasteiger partial charge on any atom is 0.239 e. The molecule has 0 saturated carbocycles. The Morgan fingerprint density at radius 1 is 1.10 bits per heavy atom. The summed E-state index contributed by atoms with van der Waals surface area (Å²) >= 11 is 0. The van der Waals surface area contributed by atoms with Crippen LogP contribution in [0.5, 0.6) is 0 Å². The second-order valence-electron chi connectivity index (χ2n) is 9.23. The van der Waals surface area contributed by atoms with Gasteiger partial charge in [-0.15, -0.1) is 0 Å². The molecule has 1 atom stereocenters. The minimum Gasteiger partial charge on any atom is -0.341 e. The van der Waals surface area contributed by atoms with Crippen molar-refractivity contribution in [2.75, 3.05) is 33.2 Å². The molecule has 2 fully saturated rings. The first-order valence-corrected chi connectivity index (χ1v) is 11.1. The standard InChI is InChI=1S/C23H35N5O/c1-16-12-17(13-20-15-25-27(3)22(16)20)14-21(24)23(29)28-10-6-19(7-11-28)18-4-8-26(2)9-5-18/h12-13,15,18-19,21H,4-11,14,24H2,1-3H3. The number of hydrogen-bond acceptors (Lipinski definition) is 4. The van der Waals surface area contributed by atoms with Gasteiger partial charge in [-0.3, -0.25) is 9.48 Å². The summed E-state index contributed by atoms with van der Waals surface area (Å²) < 4.78 is 1.90. The number of aromatic nitrogens is 2. The minimum atomic E-state index is -0.469. The first-order chi connectivity index (χ1) is 13.9. The molecule has 0 bridgehead atoms. The monoisotopic (exact) mass is 397 g/mol. The summed E-state index contributed by atoms with van der Waals surface area (Å²) in [4.78, 5) is 17.4. The SMILES string of the molecule is Cc1cc(CC(N)C(=O)N2CCC(C3CCN(C)CC3)CC2)cc2cnn(C)c12. The highest BCUT2D eigenvalue weighted by Crippen LogP contribution is 2.32. The molecule has 6 heteroatoms. The number of piperidine rings is 2. The minimum absolute atomic E-state index is 0.107. The fourth-order valence-electron chi connectivity index (χ4n) is 5.42. The molecule has 0 radical (unpaired) electrons. The summed E-state index contributed by atoms with van der Waals surface area (Å²) in [6.07, 6.45) is 7.35. The predicted molar refractivity (Wildman–Crippen MR) is 117 cm³/mol. The van der Waals surface area contributed by atoms with Gasteiger partial charge in [0.2, 0.25) is 5.91 Å². The summed E-state index contributed by atoms with van der Waals surface area (Å²) in [5.74, 6) is 1.72. The van der Waals surface area contributed by atoms with Gasteiger partial charge in [0.05, 0.1) is 17.8 Å². The number of carbonyl (C=O) groups excluding carboxylic acids is 1. The first-order valence-electron chi connectivity index (χ1n) is 11.1. The molecule has 1 aromatic heterocycles. The van der Waals surface area contributed by atoms with Gasteiger partial charge < -0.3 is 15.5 Å². The number of likely N-dealkylation sites (tertiary alicyclic amines) is 2. The molecule has 2 aromatic rings. The Balaban J connectivity index is 1.33. The van der Waals surface area contributed by atoms with Gasteiger partial charge in [0, 0.05) is 25.5 Å². The van der Waals surface area contributed by atoms with Crippen LogP contribution in [0, 0.1) is 18.8 Å². The Morgan fingerprint density at radius 2 is 1.72 bits per heavy atom. The van der Waals surface area contributed by atoms with Crippen LogP contribution in [0.4, 0.5) is 0 Å². The normalized spacial score (nSPS) is 21.0. The second-order valence-corrected chi connectivity index (χ2v) is 9.23. The Hall–Kier alpha value is -1.92. The molecule has 158 valence electrons. The number of carbonyl (C=O) groups is 1. The first kappa shape index (κ1) is 20.4. The van der Waals surface area contributed by atoms with E-state index >= 15 is 0 Å². The van der Waals surface area contributed by atoms with Crippen molar-refractivity contribution in [3.05, 3.63) is 29.5 Å². The maximum atomic E-state index is 13.0. The molecule has 29 heavy (non-hydrogen) atoms. The maximum absolute atomic E-state index is 13.0. The molecule has 1 amide bonds. The zero-order valence-corrected chi connectivity index (χ0v) is 18.1. The predicted octanol–water partition coefficient (Wildman–Crippen LogP) is 2.33. The lowest BCUT2D eigenvalue weighted by Gasteiger charge is -2.40. The van der Waals surface area contributed by atoms with Gasteiger partial charge in [0.15, 0.2) is 0 Å². The quantitative estimate of drug-likeness (QED) is 0.860. The fourth-order valence-corrected chi connectivity index (χ4v) is 5.42. The number of benzene rings is 1. The summed E-state index contributed by atoms with van der Waals surface area (Å²) in [7, 11) is 4.17. The summed E-state index contributed by atoms with van der Waals surface area (Å²) in [5.41, 5.74) is 9.79. The highest BCUT2D eigenvalue weighted by atomic mass is 16.2. The van der Waals surface area contributed by atoms with E-state index < -0.39 is 6.04 Å². The van der Waals surface area contributed by atoms with Crippen LogP contribution < -0.4 is 5.73 Å². The molecular formula is C23H35N5O. The molecule has 2 saturated heterocycles. The van der Waals surface area contributed by atoms with Crippen LogP contribution in [0.15, 0.2) is 18.3 Å². The van der Waals surface area contributed by atoms with E-state index in [4.69, 9.17) is 5.73 Å². The smallest absolute Gasteiger partial charge is 0.239 e. The van der Waals surface area contributed by atoms with Gasteiger partial charge in [0.1, 0.15) is 0 Å². The summed E-state index contributed by atoms with van der Waals surface area (Å²) in [6, 6.07) is 3.79. The molecule has 1 unspecified atom stereocenters. The lowest BCUT2D eigenvalue weighted by molar-refractivity contribution is -0.134. The highest BCUT2D eigenvalue weighted by Gasteiger charge is 2.31. The van der Waals surface area contributed by atoms with Gasteiger partial charge in [-0.2, -0.15) is 5.10 Å². The van der Waals surface area contributed by atoms with E-state index in [1.54, 1.807) is 0 Å². The number of nitrogens with zero attached hydrogens (tertiary/aromatic N) is 4. The number of hydrogen-bond donors (Lipinski definition) is 1. The molecule has 2 aliphatic heterocycles. The average Bonchev–Trinajstić information content (AvgIpc) is 3.09. The van der Waals surface area contributed by atoms with Crippen LogP contribution in [0.3, 0.4) is 0 Å². The third-order valence-corrected chi connectivity index (χ3v) is 7.14. The molecule has 2 aliphatic rings. The molecule has 1 aromatic carbocycles. The topological polar surface area (TPSA) is 67.4 Å². The van der Waals surface area contributed by atoms with E-state index in [1.165, 1.54) is 31.5 Å². The zero-order chi connectivity index (χ0) is 20.5. The molecule has 4 rings (SSSR count). The van der Waals surface area contributed by atoms with E-state index in [0.717, 1.165) is 54.2 Å². The van der Waals surface area contributed by atoms with Crippen LogP contribution >= 0.6 is 0 Å². The van der Waals surface area contributed by atoms with Gasteiger partial charge in [-0.25, -0.2) is 0 Å². The lowest BCUT2D eigenvalue weighted by atomic mass is 9.79. The van der Waals surface area contributed by atoms with Gasteiger partial charge in [-0.05, 0) is 88.2 Å². The van der Waals surface area contributed by atoms with E-state index in [9.17, 15) is 4.79 Å². The van der Waals surface area contributed by atoms with E-state index in [1.807, 2.05) is 22.8 Å². The average molecular weight is 398 g/mol. The number of aryl methyl sites for hydroxylation is 2. The van der Waals surface area contributed by atoms with E-state index in [2.05, 4.69) is 36.1 Å². The van der Waals surface area contributed by atoms with Crippen LogP contribution in [0.2, 0.25) is 0 Å². The Morgan fingerprint density at radius 3 is 2.38 bits per heavy atom. The van der Waals surface area contributed by atoms with Gasteiger partial charge in [0.25, 0.3) is 0 Å². The van der Waals surface area contributed by atoms with Gasteiger partial charge in [-0.1, -0.05) is 6.07 Å². The van der Waals surface area contributed by atoms with Crippen LogP contribution in [-0.4, -0.2) is 64.8 Å². The highest BCUT2D eigenvalue weighted by molar-refractivity contribution is 5.84.